The van der Waals surface area contributed by atoms with E-state index in [2.05, 4.69) is 5.32 Å². The van der Waals surface area contributed by atoms with Gasteiger partial charge in [0.25, 0.3) is 0 Å². The van der Waals surface area contributed by atoms with E-state index in [1.165, 1.54) is 0 Å². The zero-order valence-corrected chi connectivity index (χ0v) is 9.88. The Kier molecular flexibility index (Phi) is 4.38. The van der Waals surface area contributed by atoms with E-state index in [1.807, 2.05) is 0 Å². The molecule has 8 heteroatoms. The Balaban J connectivity index is 2.83. The SMILES string of the molecule is CCC1C(=O)NC(=O)CN1C(=O)C(N)CC(=O)O. The monoisotopic (exact) mass is 257 g/mol. The summed E-state index contributed by atoms with van der Waals surface area (Å²) in [5.41, 5.74) is 5.44. The highest BCUT2D eigenvalue weighted by molar-refractivity contribution is 6.05. The molecule has 2 atom stereocenters. The summed E-state index contributed by atoms with van der Waals surface area (Å²) in [7, 11) is 0. The van der Waals surface area contributed by atoms with Gasteiger partial charge in [-0.2, -0.15) is 0 Å². The van der Waals surface area contributed by atoms with Crippen molar-refractivity contribution < 1.29 is 24.3 Å². The minimum Gasteiger partial charge on any atom is -0.481 e. The van der Waals surface area contributed by atoms with Crippen LogP contribution in [0.15, 0.2) is 0 Å². The van der Waals surface area contributed by atoms with Gasteiger partial charge in [-0.05, 0) is 6.42 Å². The van der Waals surface area contributed by atoms with Crippen LogP contribution in [-0.2, 0) is 19.2 Å². The van der Waals surface area contributed by atoms with E-state index in [4.69, 9.17) is 10.8 Å². The molecule has 0 aliphatic carbocycles. The van der Waals surface area contributed by atoms with Gasteiger partial charge in [0.15, 0.2) is 0 Å². The highest BCUT2D eigenvalue weighted by Gasteiger charge is 2.37. The maximum absolute atomic E-state index is 11.9. The number of carboxylic acids is 1. The average Bonchev–Trinajstić information content (AvgIpc) is 2.26. The van der Waals surface area contributed by atoms with Crippen molar-refractivity contribution >= 4 is 23.7 Å². The lowest BCUT2D eigenvalue weighted by atomic mass is 10.1. The third kappa shape index (κ3) is 3.04. The van der Waals surface area contributed by atoms with Crippen molar-refractivity contribution in [3.63, 3.8) is 0 Å². The number of amides is 3. The van der Waals surface area contributed by atoms with Crippen molar-refractivity contribution in [3.05, 3.63) is 0 Å². The fourth-order valence-electron chi connectivity index (χ4n) is 1.79. The first kappa shape index (κ1) is 14.1. The van der Waals surface area contributed by atoms with E-state index in [-0.39, 0.29) is 6.54 Å². The van der Waals surface area contributed by atoms with Crippen molar-refractivity contribution in [3.8, 4) is 0 Å². The van der Waals surface area contributed by atoms with Crippen molar-refractivity contribution in [1.82, 2.24) is 10.2 Å². The van der Waals surface area contributed by atoms with E-state index in [1.54, 1.807) is 6.92 Å². The molecule has 1 rings (SSSR count). The fourth-order valence-corrected chi connectivity index (χ4v) is 1.79. The van der Waals surface area contributed by atoms with Crippen molar-refractivity contribution in [2.75, 3.05) is 6.54 Å². The van der Waals surface area contributed by atoms with Gasteiger partial charge in [0, 0.05) is 0 Å². The quantitative estimate of drug-likeness (QED) is 0.502. The molecule has 0 radical (unpaired) electrons. The Morgan fingerprint density at radius 2 is 2.17 bits per heavy atom. The first-order valence-electron chi connectivity index (χ1n) is 5.48. The largest absolute Gasteiger partial charge is 0.481 e. The molecule has 18 heavy (non-hydrogen) atoms. The van der Waals surface area contributed by atoms with Gasteiger partial charge >= 0.3 is 5.97 Å². The lowest BCUT2D eigenvalue weighted by Crippen LogP contribution is -2.62. The topological polar surface area (TPSA) is 130 Å². The Morgan fingerprint density at radius 1 is 1.56 bits per heavy atom. The van der Waals surface area contributed by atoms with Gasteiger partial charge in [-0.25, -0.2) is 0 Å². The van der Waals surface area contributed by atoms with Crippen LogP contribution in [0.25, 0.3) is 0 Å². The van der Waals surface area contributed by atoms with Crippen molar-refractivity contribution in [1.29, 1.82) is 0 Å². The second kappa shape index (κ2) is 5.58. The van der Waals surface area contributed by atoms with Crippen molar-refractivity contribution in [2.24, 2.45) is 5.73 Å². The van der Waals surface area contributed by atoms with Crippen LogP contribution >= 0.6 is 0 Å². The van der Waals surface area contributed by atoms with E-state index >= 15 is 0 Å². The number of hydrogen-bond donors (Lipinski definition) is 3. The van der Waals surface area contributed by atoms with E-state index in [9.17, 15) is 19.2 Å². The molecule has 0 bridgehead atoms. The maximum atomic E-state index is 11.9. The molecule has 0 saturated carbocycles. The molecule has 1 aliphatic rings. The van der Waals surface area contributed by atoms with Gasteiger partial charge < -0.3 is 15.7 Å². The predicted octanol–water partition coefficient (Wildman–Crippen LogP) is -1.95. The molecule has 1 fully saturated rings. The minimum absolute atomic E-state index is 0.281. The summed E-state index contributed by atoms with van der Waals surface area (Å²) < 4.78 is 0. The summed E-state index contributed by atoms with van der Waals surface area (Å²) in [5, 5.41) is 10.7. The van der Waals surface area contributed by atoms with Crippen LogP contribution in [0.2, 0.25) is 0 Å². The average molecular weight is 257 g/mol. The molecule has 4 N–H and O–H groups in total. The van der Waals surface area contributed by atoms with Gasteiger partial charge in [-0.3, -0.25) is 24.5 Å². The van der Waals surface area contributed by atoms with Gasteiger partial charge in [-0.15, -0.1) is 0 Å². The van der Waals surface area contributed by atoms with Crippen LogP contribution in [0, 0.1) is 0 Å². The number of piperazine rings is 1. The summed E-state index contributed by atoms with van der Waals surface area (Å²) in [4.78, 5) is 46.1. The molecule has 3 amide bonds. The lowest BCUT2D eigenvalue weighted by molar-refractivity contribution is -0.151. The van der Waals surface area contributed by atoms with Gasteiger partial charge in [-0.1, -0.05) is 6.92 Å². The van der Waals surface area contributed by atoms with Gasteiger partial charge in [0.05, 0.1) is 12.5 Å². The Labute approximate surface area is 103 Å². The first-order valence-corrected chi connectivity index (χ1v) is 5.48. The van der Waals surface area contributed by atoms with E-state index < -0.39 is 42.2 Å². The van der Waals surface area contributed by atoms with Crippen LogP contribution in [0.1, 0.15) is 19.8 Å². The molecule has 1 aliphatic heterocycles. The molecule has 2 unspecified atom stereocenters. The third-order valence-electron chi connectivity index (χ3n) is 2.64. The minimum atomic E-state index is -1.25. The molecule has 0 aromatic rings. The number of nitrogens with zero attached hydrogens (tertiary/aromatic N) is 1. The third-order valence-corrected chi connectivity index (χ3v) is 2.64. The summed E-state index contributed by atoms with van der Waals surface area (Å²) in [6.45, 7) is 1.40. The van der Waals surface area contributed by atoms with E-state index in [0.29, 0.717) is 6.42 Å². The lowest BCUT2D eigenvalue weighted by Gasteiger charge is -2.34. The number of nitrogens with two attached hydrogens (primary N) is 1. The molecule has 100 valence electrons. The van der Waals surface area contributed by atoms with E-state index in [0.717, 1.165) is 4.90 Å². The second-order valence-electron chi connectivity index (χ2n) is 4.01. The smallest absolute Gasteiger partial charge is 0.305 e. The van der Waals surface area contributed by atoms with Gasteiger partial charge in [0.2, 0.25) is 17.7 Å². The van der Waals surface area contributed by atoms with Crippen LogP contribution in [0.3, 0.4) is 0 Å². The zero-order valence-electron chi connectivity index (χ0n) is 9.88. The Hall–Kier alpha value is -1.96. The summed E-state index contributed by atoms with van der Waals surface area (Å²) >= 11 is 0. The van der Waals surface area contributed by atoms with Gasteiger partial charge in [0.1, 0.15) is 12.6 Å². The highest BCUT2D eigenvalue weighted by Crippen LogP contribution is 2.11. The number of nitrogens with one attached hydrogen (secondary N) is 1. The Bertz CT molecular complexity index is 395. The molecular formula is C10H15N3O5. The summed E-state index contributed by atoms with van der Waals surface area (Å²) in [6, 6.07) is -2.04. The summed E-state index contributed by atoms with van der Waals surface area (Å²) in [6.07, 6.45) is -0.216. The molecule has 1 saturated heterocycles. The molecule has 0 spiro atoms. The summed E-state index contributed by atoms with van der Waals surface area (Å²) in [5.74, 6) is -3.07. The number of aliphatic carboxylic acids is 1. The highest BCUT2D eigenvalue weighted by atomic mass is 16.4. The normalized spacial score (nSPS) is 21.4. The number of imide groups is 1. The number of rotatable bonds is 4. The molecule has 1 heterocycles. The number of carbonyl (C=O) groups excluding carboxylic acids is 3. The number of carbonyl (C=O) groups is 4. The Morgan fingerprint density at radius 3 is 2.67 bits per heavy atom. The van der Waals surface area contributed by atoms with Crippen molar-refractivity contribution in [2.45, 2.75) is 31.8 Å². The second-order valence-corrected chi connectivity index (χ2v) is 4.01. The standard InChI is InChI=1S/C10H15N3O5/c1-2-6-9(17)12-7(14)4-13(6)10(18)5(11)3-8(15)16/h5-6H,2-4,11H2,1H3,(H,15,16)(H,12,14,17). The molecule has 8 nitrogen and oxygen atoms in total. The first-order chi connectivity index (χ1) is 8.36. The molecular weight excluding hydrogens is 242 g/mol. The van der Waals surface area contributed by atoms with Crippen LogP contribution in [0.5, 0.6) is 0 Å². The van der Waals surface area contributed by atoms with Crippen LogP contribution in [-0.4, -0.2) is 52.3 Å². The zero-order chi connectivity index (χ0) is 13.9. The molecule has 0 aromatic carbocycles. The maximum Gasteiger partial charge on any atom is 0.305 e. The van der Waals surface area contributed by atoms with Crippen LogP contribution < -0.4 is 11.1 Å². The number of hydrogen-bond acceptors (Lipinski definition) is 5. The predicted molar refractivity (Wildman–Crippen MR) is 59.2 cm³/mol. The van der Waals surface area contributed by atoms with Crippen LogP contribution in [0.4, 0.5) is 0 Å². The number of carboxylic acid groups (broad SMARTS) is 1. The fraction of sp³-hybridized carbons (Fsp3) is 0.600. The molecule has 0 aromatic heterocycles.